The smallest absolute Gasteiger partial charge is 0.180 e. The van der Waals surface area contributed by atoms with Crippen LogP contribution in [-0.4, -0.2) is 20.7 Å². The van der Waals surface area contributed by atoms with Gasteiger partial charge in [-0.3, -0.25) is 0 Å². The molecule has 0 fully saturated rings. The van der Waals surface area contributed by atoms with Crippen LogP contribution in [0.5, 0.6) is 0 Å². The molecule has 0 bridgehead atoms. The molecule has 0 saturated heterocycles. The fourth-order valence-corrected chi connectivity index (χ4v) is 29.6. The zero-order valence-electron chi connectivity index (χ0n) is 52.5. The number of benzene rings is 16. The van der Waals surface area contributed by atoms with Crippen molar-refractivity contribution in [3.63, 3.8) is 0 Å². The van der Waals surface area contributed by atoms with Crippen molar-refractivity contribution >= 4 is 101 Å². The number of nitrogens with zero attached hydrogens (tertiary/aromatic N) is 1. The summed E-state index contributed by atoms with van der Waals surface area (Å²) in [5.41, 5.74) is 23.7. The van der Waals surface area contributed by atoms with Crippen molar-refractivity contribution in [2.75, 3.05) is 0 Å². The maximum absolute atomic E-state index is 2.87. The van der Waals surface area contributed by atoms with Gasteiger partial charge in [-0.1, -0.05) is 346 Å². The van der Waals surface area contributed by atoms with Gasteiger partial charge in [0.15, 0.2) is 16.1 Å². The third-order valence-electron chi connectivity index (χ3n) is 22.6. The van der Waals surface area contributed by atoms with Crippen LogP contribution in [0.1, 0.15) is 22.3 Å². The second kappa shape index (κ2) is 20.1. The van der Waals surface area contributed by atoms with E-state index in [1.807, 2.05) is 0 Å². The van der Waals surface area contributed by atoms with Gasteiger partial charge in [0, 0.05) is 16.3 Å². The average molecular weight is 1250 g/mol. The van der Waals surface area contributed by atoms with Crippen molar-refractivity contribution in [1.29, 1.82) is 0 Å². The number of rotatable bonds is 7. The lowest BCUT2D eigenvalue weighted by Gasteiger charge is -2.40. The van der Waals surface area contributed by atoms with Crippen LogP contribution in [0.25, 0.3) is 116 Å². The first-order valence-corrected chi connectivity index (χ1v) is 37.7. The standard InChI is InChI=1S/C93H59NSi2/c1-5-29-60(30-6-1)95(61-31-7-2-8-32-61)84-55-21-16-40-74(84)89-69(46-27-57-86(89)95)64-42-23-44-71-77(64)59-78-65(70-47-28-58-87-90(70)75-41-17-22-56-85(75)96(87,62-33-9-3-10-34-62)63-35-11-4-12-36-63)43-24-45-72(78)88(71)76-49-26-53-82-92(76)94-83-54-20-15-39-68(83)73-48-25-52-81(91(73)94)93(82)79-50-18-13-37-66(79)67-38-14-19-51-80(67)93/h1-59H. The summed E-state index contributed by atoms with van der Waals surface area (Å²) in [6.07, 6.45) is 0. The van der Waals surface area contributed by atoms with Crippen molar-refractivity contribution < 1.29 is 0 Å². The SMILES string of the molecule is c1ccc([Si]2(c3ccccc3)c3ccccc3-c3c(-c4cccc5c(-c6cccc7c6-n6c8ccccc8c8cccc(c86)C76c7ccccc7-c7ccccc76)c6cccc(-c7cccc8c7-c7ccccc7[Si]8(c7ccccc7)c7ccccc7)c6cc45)cccc32)cc1. The van der Waals surface area contributed by atoms with E-state index in [0.717, 1.165) is 0 Å². The van der Waals surface area contributed by atoms with E-state index in [1.54, 1.807) is 0 Å². The number of aromatic nitrogens is 1. The highest BCUT2D eigenvalue weighted by Gasteiger charge is 2.53. The van der Waals surface area contributed by atoms with Crippen LogP contribution < -0.4 is 41.5 Å². The zero-order chi connectivity index (χ0) is 62.8. The lowest BCUT2D eigenvalue weighted by Crippen LogP contribution is -2.72. The largest absolute Gasteiger partial charge is 0.308 e. The monoisotopic (exact) mass is 1250 g/mol. The molecule has 3 aliphatic heterocycles. The van der Waals surface area contributed by atoms with Crippen molar-refractivity contribution in [1.82, 2.24) is 4.57 Å². The van der Waals surface area contributed by atoms with Crippen molar-refractivity contribution in [2.45, 2.75) is 5.41 Å². The molecule has 1 aromatic heterocycles. The van der Waals surface area contributed by atoms with Gasteiger partial charge in [-0.2, -0.15) is 0 Å². The second-order valence-corrected chi connectivity index (χ2v) is 34.1. The van der Waals surface area contributed by atoms with Crippen LogP contribution in [0.3, 0.4) is 0 Å². The molecule has 1 aliphatic carbocycles. The highest BCUT2D eigenvalue weighted by Crippen LogP contribution is 2.63. The Morgan fingerprint density at radius 3 is 1.07 bits per heavy atom. The summed E-state index contributed by atoms with van der Waals surface area (Å²) in [6, 6.07) is 138. The van der Waals surface area contributed by atoms with Gasteiger partial charge >= 0.3 is 0 Å². The molecule has 444 valence electrons. The van der Waals surface area contributed by atoms with E-state index in [1.165, 1.54) is 180 Å². The normalized spacial score (nSPS) is 14.3. The number of para-hydroxylation sites is 3. The van der Waals surface area contributed by atoms with Crippen LogP contribution in [0, 0.1) is 0 Å². The Balaban J connectivity index is 0.923. The Kier molecular flexibility index (Phi) is 11.3. The Morgan fingerprint density at radius 2 is 0.552 bits per heavy atom. The number of fused-ring (bicyclic) bond motifs is 20. The summed E-state index contributed by atoms with van der Waals surface area (Å²) < 4.78 is 2.68. The highest BCUT2D eigenvalue weighted by molar-refractivity contribution is 7.23. The van der Waals surface area contributed by atoms with E-state index >= 15 is 0 Å². The second-order valence-electron chi connectivity index (χ2n) is 26.7. The number of hydrogen-bond acceptors (Lipinski definition) is 0. The third-order valence-corrected chi connectivity index (χ3v) is 32.3. The summed E-state index contributed by atoms with van der Waals surface area (Å²) in [4.78, 5) is 0. The van der Waals surface area contributed by atoms with Gasteiger partial charge < -0.3 is 4.57 Å². The first-order valence-electron chi connectivity index (χ1n) is 33.7. The zero-order valence-corrected chi connectivity index (χ0v) is 54.5. The molecule has 17 aromatic rings. The van der Waals surface area contributed by atoms with Gasteiger partial charge in [0.05, 0.1) is 22.1 Å². The van der Waals surface area contributed by atoms with E-state index in [4.69, 9.17) is 0 Å². The molecule has 4 aliphatic rings. The average Bonchev–Trinajstić information content (AvgIpc) is 1.44. The Morgan fingerprint density at radius 1 is 0.208 bits per heavy atom. The lowest BCUT2D eigenvalue weighted by atomic mass is 9.64. The minimum atomic E-state index is -2.87. The summed E-state index contributed by atoms with van der Waals surface area (Å²) in [6.45, 7) is 0. The fraction of sp³-hybridized carbons (Fsp3) is 0.0108. The molecule has 0 radical (unpaired) electrons. The topological polar surface area (TPSA) is 4.93 Å². The van der Waals surface area contributed by atoms with Gasteiger partial charge in [-0.05, 0) is 159 Å². The van der Waals surface area contributed by atoms with Gasteiger partial charge in [-0.15, -0.1) is 0 Å². The fourth-order valence-electron chi connectivity index (χ4n) is 19.2. The van der Waals surface area contributed by atoms with Crippen molar-refractivity contribution in [2.24, 2.45) is 0 Å². The quantitative estimate of drug-likeness (QED) is 0.111. The van der Waals surface area contributed by atoms with Crippen LogP contribution >= 0.6 is 0 Å². The first-order chi connectivity index (χ1) is 47.7. The maximum atomic E-state index is 2.68. The molecule has 4 heterocycles. The Bertz CT molecular complexity index is 5780. The first kappa shape index (κ1) is 53.7. The summed E-state index contributed by atoms with van der Waals surface area (Å²) in [5, 5.41) is 18.7. The molecule has 21 rings (SSSR count). The molecule has 1 spiro atoms. The summed E-state index contributed by atoms with van der Waals surface area (Å²) in [5.74, 6) is 0. The predicted molar refractivity (Wildman–Crippen MR) is 408 cm³/mol. The van der Waals surface area contributed by atoms with Gasteiger partial charge in [-0.25, -0.2) is 0 Å². The molecule has 0 N–H and O–H groups in total. The van der Waals surface area contributed by atoms with E-state index in [2.05, 4.69) is 362 Å². The maximum Gasteiger partial charge on any atom is 0.180 e. The molecule has 16 aromatic carbocycles. The van der Waals surface area contributed by atoms with Crippen LogP contribution in [0.4, 0.5) is 0 Å². The molecular formula is C93H59NSi2. The Labute approximate surface area is 559 Å². The molecule has 0 amide bonds. The molecule has 3 heteroatoms. The van der Waals surface area contributed by atoms with Crippen LogP contribution in [0.2, 0.25) is 0 Å². The summed E-state index contributed by atoms with van der Waals surface area (Å²) in [7, 11) is -5.74. The summed E-state index contributed by atoms with van der Waals surface area (Å²) >= 11 is 0. The van der Waals surface area contributed by atoms with Gasteiger partial charge in [0.25, 0.3) is 0 Å². The number of hydrogen-bond donors (Lipinski definition) is 0. The highest BCUT2D eigenvalue weighted by atomic mass is 28.3. The van der Waals surface area contributed by atoms with Crippen LogP contribution in [0.15, 0.2) is 358 Å². The van der Waals surface area contributed by atoms with E-state index in [-0.39, 0.29) is 0 Å². The van der Waals surface area contributed by atoms with Crippen molar-refractivity contribution in [3.05, 3.63) is 380 Å². The molecule has 1 nitrogen and oxygen atoms in total. The van der Waals surface area contributed by atoms with Crippen LogP contribution in [-0.2, 0) is 5.41 Å². The molecule has 0 unspecified atom stereocenters. The van der Waals surface area contributed by atoms with Gasteiger partial charge in [0.1, 0.15) is 0 Å². The Hall–Kier alpha value is -11.7. The van der Waals surface area contributed by atoms with E-state index in [0.29, 0.717) is 0 Å². The third kappa shape index (κ3) is 6.77. The molecule has 0 saturated carbocycles. The van der Waals surface area contributed by atoms with Crippen molar-refractivity contribution in [3.8, 4) is 72.4 Å². The molecule has 0 atom stereocenters. The minimum absolute atomic E-state index is 0.628. The van der Waals surface area contributed by atoms with E-state index in [9.17, 15) is 0 Å². The van der Waals surface area contributed by atoms with E-state index < -0.39 is 21.6 Å². The van der Waals surface area contributed by atoms with Gasteiger partial charge in [0.2, 0.25) is 0 Å². The minimum Gasteiger partial charge on any atom is -0.308 e. The molecule has 96 heavy (non-hydrogen) atoms. The molecular weight excluding hydrogens is 1190 g/mol. The lowest BCUT2D eigenvalue weighted by molar-refractivity contribution is 0.749. The predicted octanol–water partition coefficient (Wildman–Crippen LogP) is 17.5.